The lowest BCUT2D eigenvalue weighted by Crippen LogP contribution is -2.45. The van der Waals surface area contributed by atoms with Crippen molar-refractivity contribution in [1.29, 1.82) is 0 Å². The lowest BCUT2D eigenvalue weighted by Gasteiger charge is -2.20. The minimum atomic E-state index is -0.829. The van der Waals surface area contributed by atoms with Gasteiger partial charge < -0.3 is 15.5 Å². The Morgan fingerprint density at radius 3 is 1.44 bits per heavy atom. The number of aliphatic hydroxyl groups is 2. The maximum absolute atomic E-state index is 12.2. The van der Waals surface area contributed by atoms with E-state index < -0.39 is 12.1 Å². The van der Waals surface area contributed by atoms with Crippen LogP contribution in [0, 0.1) is 0 Å². The number of rotatable bonds is 28. The van der Waals surface area contributed by atoms with Gasteiger partial charge in [-0.3, -0.25) is 4.79 Å². The van der Waals surface area contributed by atoms with Gasteiger partial charge in [0.2, 0.25) is 5.91 Å². The third-order valence-corrected chi connectivity index (χ3v) is 7.27. The smallest absolute Gasteiger partial charge is 0.220 e. The molecule has 3 N–H and O–H groups in total. The molecule has 1 amide bonds. The molecule has 214 valence electrons. The Labute approximate surface area is 225 Å². The highest BCUT2D eigenvalue weighted by atomic mass is 16.3. The molecule has 36 heavy (non-hydrogen) atoms. The molecule has 0 radical (unpaired) electrons. The normalized spacial score (nSPS) is 13.3. The van der Waals surface area contributed by atoms with Crippen molar-refractivity contribution >= 4 is 5.91 Å². The Kier molecular flexibility index (Phi) is 28.0. The molecule has 4 heteroatoms. The highest BCUT2D eigenvalue weighted by molar-refractivity contribution is 5.76. The number of amides is 1. The zero-order chi connectivity index (χ0) is 26.5. The SMILES string of the molecule is CCCCCCCCCC/C=C/[C@@H](O)[C@H](CO)NC(=O)CCCCCCCCCCCCCCCC. The molecule has 0 aliphatic heterocycles. The van der Waals surface area contributed by atoms with Gasteiger partial charge in [0.25, 0.3) is 0 Å². The zero-order valence-corrected chi connectivity index (χ0v) is 24.3. The number of hydrogen-bond acceptors (Lipinski definition) is 3. The fraction of sp³-hybridized carbons (Fsp3) is 0.906. The standard InChI is InChI=1S/C32H63NO3/c1-3-5-7-9-11-13-15-16-17-18-20-22-24-26-28-32(36)33-30(29-34)31(35)27-25-23-21-19-14-12-10-8-6-4-2/h25,27,30-31,34-35H,3-24,26,28-29H2,1-2H3,(H,33,36)/b27-25+/t30-,31+/m0/s1. The Morgan fingerprint density at radius 1 is 0.639 bits per heavy atom. The highest BCUT2D eigenvalue weighted by Crippen LogP contribution is 2.14. The minimum absolute atomic E-state index is 0.0662. The molecule has 0 spiro atoms. The molecule has 0 bridgehead atoms. The van der Waals surface area contributed by atoms with E-state index in [4.69, 9.17) is 0 Å². The molecule has 0 aromatic carbocycles. The lowest BCUT2D eigenvalue weighted by molar-refractivity contribution is -0.123. The number of aliphatic hydroxyl groups excluding tert-OH is 2. The van der Waals surface area contributed by atoms with Crippen molar-refractivity contribution in [3.63, 3.8) is 0 Å². The van der Waals surface area contributed by atoms with Gasteiger partial charge in [0.05, 0.1) is 18.8 Å². The molecule has 0 aliphatic rings. The van der Waals surface area contributed by atoms with Gasteiger partial charge in [-0.15, -0.1) is 0 Å². The summed E-state index contributed by atoms with van der Waals surface area (Å²) in [5.74, 6) is -0.0662. The molecule has 0 saturated carbocycles. The second kappa shape index (κ2) is 28.7. The van der Waals surface area contributed by atoms with Crippen LogP contribution in [-0.4, -0.2) is 34.9 Å². The number of allylic oxidation sites excluding steroid dienone is 1. The van der Waals surface area contributed by atoms with Crippen LogP contribution in [0.5, 0.6) is 0 Å². The third-order valence-electron chi connectivity index (χ3n) is 7.27. The van der Waals surface area contributed by atoms with Crippen LogP contribution < -0.4 is 5.32 Å². The van der Waals surface area contributed by atoms with Crippen LogP contribution in [0.15, 0.2) is 12.2 Å². The summed E-state index contributed by atoms with van der Waals surface area (Å²) in [7, 11) is 0. The first-order valence-electron chi connectivity index (χ1n) is 15.9. The summed E-state index contributed by atoms with van der Waals surface area (Å²) in [6.07, 6.45) is 32.8. The summed E-state index contributed by atoms with van der Waals surface area (Å²) in [6.45, 7) is 4.27. The van der Waals surface area contributed by atoms with Gasteiger partial charge in [-0.05, 0) is 19.3 Å². The first kappa shape index (κ1) is 35.1. The molecule has 4 nitrogen and oxygen atoms in total. The molecular formula is C32H63NO3. The van der Waals surface area contributed by atoms with Gasteiger partial charge in [-0.1, -0.05) is 154 Å². The van der Waals surface area contributed by atoms with E-state index in [1.54, 1.807) is 6.08 Å². The van der Waals surface area contributed by atoms with Crippen LogP contribution in [0.25, 0.3) is 0 Å². The van der Waals surface area contributed by atoms with Crippen molar-refractivity contribution < 1.29 is 15.0 Å². The zero-order valence-electron chi connectivity index (χ0n) is 24.3. The van der Waals surface area contributed by atoms with Crippen LogP contribution in [0.3, 0.4) is 0 Å². The Hall–Kier alpha value is -0.870. The number of nitrogens with one attached hydrogen (secondary N) is 1. The van der Waals surface area contributed by atoms with Crippen molar-refractivity contribution in [2.24, 2.45) is 0 Å². The van der Waals surface area contributed by atoms with Crippen molar-refractivity contribution in [2.45, 2.75) is 180 Å². The average Bonchev–Trinajstić information content (AvgIpc) is 2.88. The van der Waals surface area contributed by atoms with Crippen LogP contribution in [0.1, 0.15) is 168 Å². The number of carbonyl (C=O) groups is 1. The summed E-state index contributed by atoms with van der Waals surface area (Å²) in [6, 6.07) is -0.612. The summed E-state index contributed by atoms with van der Waals surface area (Å²) in [4.78, 5) is 12.2. The molecule has 0 saturated heterocycles. The first-order valence-corrected chi connectivity index (χ1v) is 15.9. The van der Waals surface area contributed by atoms with Crippen molar-refractivity contribution in [2.75, 3.05) is 6.61 Å². The Balaban J connectivity index is 3.63. The van der Waals surface area contributed by atoms with Crippen LogP contribution in [0.4, 0.5) is 0 Å². The largest absolute Gasteiger partial charge is 0.394 e. The summed E-state index contributed by atoms with van der Waals surface area (Å²) in [5.41, 5.74) is 0. The second-order valence-corrected chi connectivity index (χ2v) is 10.9. The summed E-state index contributed by atoms with van der Waals surface area (Å²) >= 11 is 0. The molecular weight excluding hydrogens is 446 g/mol. The molecule has 2 atom stereocenters. The number of hydrogen-bond donors (Lipinski definition) is 3. The van der Waals surface area contributed by atoms with Crippen LogP contribution in [0.2, 0.25) is 0 Å². The Morgan fingerprint density at radius 2 is 1.03 bits per heavy atom. The Bertz CT molecular complexity index is 480. The minimum Gasteiger partial charge on any atom is -0.394 e. The molecule has 0 heterocycles. The average molecular weight is 510 g/mol. The van der Waals surface area contributed by atoms with Crippen molar-refractivity contribution in [3.05, 3.63) is 12.2 Å². The molecule has 0 aliphatic carbocycles. The van der Waals surface area contributed by atoms with E-state index in [0.717, 1.165) is 25.7 Å². The van der Waals surface area contributed by atoms with Gasteiger partial charge in [-0.25, -0.2) is 0 Å². The summed E-state index contributed by atoms with van der Waals surface area (Å²) in [5, 5.41) is 22.7. The molecule has 0 aromatic rings. The quantitative estimate of drug-likeness (QED) is 0.0729. The van der Waals surface area contributed by atoms with Crippen molar-refractivity contribution in [3.8, 4) is 0 Å². The maximum Gasteiger partial charge on any atom is 0.220 e. The van der Waals surface area contributed by atoms with Gasteiger partial charge in [0.15, 0.2) is 0 Å². The fourth-order valence-electron chi connectivity index (χ4n) is 4.76. The first-order chi connectivity index (χ1) is 17.7. The predicted octanol–water partition coefficient (Wildman–Crippen LogP) is 8.78. The number of unbranched alkanes of at least 4 members (excludes halogenated alkanes) is 21. The van der Waals surface area contributed by atoms with E-state index in [9.17, 15) is 15.0 Å². The monoisotopic (exact) mass is 509 g/mol. The molecule has 0 unspecified atom stereocenters. The molecule has 0 aromatic heterocycles. The summed E-state index contributed by atoms with van der Waals surface area (Å²) < 4.78 is 0. The van der Waals surface area contributed by atoms with Crippen LogP contribution >= 0.6 is 0 Å². The van der Waals surface area contributed by atoms with Crippen molar-refractivity contribution in [1.82, 2.24) is 5.32 Å². The number of carbonyl (C=O) groups excluding carboxylic acids is 1. The van der Waals surface area contributed by atoms with E-state index in [2.05, 4.69) is 19.2 Å². The van der Waals surface area contributed by atoms with E-state index in [-0.39, 0.29) is 12.5 Å². The van der Waals surface area contributed by atoms with Gasteiger partial charge in [0, 0.05) is 6.42 Å². The van der Waals surface area contributed by atoms with Gasteiger partial charge in [0.1, 0.15) is 0 Å². The predicted molar refractivity (Wildman–Crippen MR) is 156 cm³/mol. The lowest BCUT2D eigenvalue weighted by atomic mass is 10.0. The fourth-order valence-corrected chi connectivity index (χ4v) is 4.76. The molecule has 0 rings (SSSR count). The molecule has 0 fully saturated rings. The maximum atomic E-state index is 12.2. The topological polar surface area (TPSA) is 69.6 Å². The van der Waals surface area contributed by atoms with E-state index in [1.807, 2.05) is 6.08 Å². The van der Waals surface area contributed by atoms with Gasteiger partial charge >= 0.3 is 0 Å². The van der Waals surface area contributed by atoms with Crippen LogP contribution in [-0.2, 0) is 4.79 Å². The highest BCUT2D eigenvalue weighted by Gasteiger charge is 2.17. The van der Waals surface area contributed by atoms with E-state index >= 15 is 0 Å². The van der Waals surface area contributed by atoms with E-state index in [1.165, 1.54) is 122 Å². The third kappa shape index (κ3) is 24.8. The second-order valence-electron chi connectivity index (χ2n) is 10.9. The van der Waals surface area contributed by atoms with E-state index in [0.29, 0.717) is 6.42 Å². The van der Waals surface area contributed by atoms with Gasteiger partial charge in [-0.2, -0.15) is 0 Å².